The summed E-state index contributed by atoms with van der Waals surface area (Å²) in [5.41, 5.74) is 1.66. The number of benzene rings is 2. The molecule has 0 amide bonds. The van der Waals surface area contributed by atoms with Gasteiger partial charge in [0.1, 0.15) is 0 Å². The van der Waals surface area contributed by atoms with Gasteiger partial charge in [-0.2, -0.15) is 0 Å². The maximum atomic E-state index is 11.9. The molecule has 0 aliphatic carbocycles. The Bertz CT molecular complexity index is 870. The van der Waals surface area contributed by atoms with Crippen molar-refractivity contribution in [3.63, 3.8) is 0 Å². The number of hydrogen-bond acceptors (Lipinski definition) is 8. The molecule has 8 nitrogen and oxygen atoms in total. The zero-order valence-electron chi connectivity index (χ0n) is 16.9. The predicted octanol–water partition coefficient (Wildman–Crippen LogP) is 3.00. The van der Waals surface area contributed by atoms with Gasteiger partial charge in [0.15, 0.2) is 0 Å². The highest BCUT2D eigenvalue weighted by atomic mass is 16.5. The number of methoxy groups -OCH3 is 4. The Morgan fingerprint density at radius 3 is 0.933 bits per heavy atom. The topological polar surface area (TPSA) is 105 Å². The highest BCUT2D eigenvalue weighted by molar-refractivity contribution is 5.98. The van der Waals surface area contributed by atoms with E-state index >= 15 is 0 Å². The Morgan fingerprint density at radius 1 is 0.500 bits per heavy atom. The molecule has 0 fully saturated rings. The smallest absolute Gasteiger partial charge is 0.337 e. The maximum Gasteiger partial charge on any atom is 0.337 e. The summed E-state index contributed by atoms with van der Waals surface area (Å²) in [6.45, 7) is 0. The zero-order valence-corrected chi connectivity index (χ0v) is 16.9. The van der Waals surface area contributed by atoms with E-state index < -0.39 is 23.9 Å². The average Bonchev–Trinajstić information content (AvgIpc) is 2.79. The molecule has 0 bridgehead atoms. The first kappa shape index (κ1) is 22.4. The van der Waals surface area contributed by atoms with E-state index in [1.165, 1.54) is 64.8 Å². The fourth-order valence-electron chi connectivity index (χ4n) is 2.63. The van der Waals surface area contributed by atoms with Crippen LogP contribution in [-0.2, 0) is 18.9 Å². The Labute approximate surface area is 173 Å². The highest BCUT2D eigenvalue weighted by Gasteiger charge is 2.14. The van der Waals surface area contributed by atoms with Crippen molar-refractivity contribution >= 4 is 36.0 Å². The van der Waals surface area contributed by atoms with Gasteiger partial charge in [-0.1, -0.05) is 12.2 Å². The minimum absolute atomic E-state index is 0.165. The minimum atomic E-state index is -0.615. The molecule has 0 saturated carbocycles. The first-order chi connectivity index (χ1) is 14.3. The van der Waals surface area contributed by atoms with Crippen LogP contribution in [0.1, 0.15) is 52.6 Å². The van der Waals surface area contributed by atoms with Gasteiger partial charge in [0.05, 0.1) is 50.7 Å². The number of esters is 4. The van der Waals surface area contributed by atoms with Crippen LogP contribution < -0.4 is 0 Å². The van der Waals surface area contributed by atoms with Gasteiger partial charge in [-0.15, -0.1) is 0 Å². The molecule has 0 aliphatic rings. The molecule has 0 aromatic heterocycles. The summed E-state index contributed by atoms with van der Waals surface area (Å²) in [7, 11) is 4.93. The second kappa shape index (κ2) is 10.0. The van der Waals surface area contributed by atoms with E-state index in [-0.39, 0.29) is 22.3 Å². The van der Waals surface area contributed by atoms with Gasteiger partial charge < -0.3 is 18.9 Å². The third-order valence-electron chi connectivity index (χ3n) is 4.06. The number of ether oxygens (including phenoxy) is 4. The van der Waals surface area contributed by atoms with Crippen molar-refractivity contribution in [3.8, 4) is 0 Å². The summed E-state index contributed by atoms with van der Waals surface area (Å²) in [6, 6.07) is 8.84. The molecule has 0 atom stereocenters. The zero-order chi connectivity index (χ0) is 22.3. The summed E-state index contributed by atoms with van der Waals surface area (Å²) < 4.78 is 18.9. The molecule has 0 N–H and O–H groups in total. The van der Waals surface area contributed by atoms with Gasteiger partial charge in [0.25, 0.3) is 0 Å². The van der Waals surface area contributed by atoms with Crippen molar-refractivity contribution in [3.05, 3.63) is 69.8 Å². The molecule has 0 spiro atoms. The maximum absolute atomic E-state index is 11.9. The molecule has 30 heavy (non-hydrogen) atoms. The monoisotopic (exact) mass is 412 g/mol. The van der Waals surface area contributed by atoms with Gasteiger partial charge in [0, 0.05) is 0 Å². The second-order valence-electron chi connectivity index (χ2n) is 5.99. The summed E-state index contributed by atoms with van der Waals surface area (Å²) in [6.07, 6.45) is 3.21. The average molecular weight is 412 g/mol. The van der Waals surface area contributed by atoms with Gasteiger partial charge >= 0.3 is 23.9 Å². The van der Waals surface area contributed by atoms with E-state index in [2.05, 4.69) is 0 Å². The molecule has 8 heteroatoms. The molecular formula is C22H20O8. The number of carbonyl (C=O) groups excluding carboxylic acids is 4. The predicted molar refractivity (Wildman–Crippen MR) is 107 cm³/mol. The lowest BCUT2D eigenvalue weighted by molar-refractivity contribution is 0.0581. The third-order valence-corrected chi connectivity index (χ3v) is 4.06. The fraction of sp³-hybridized carbons (Fsp3) is 0.182. The summed E-state index contributed by atoms with van der Waals surface area (Å²) in [4.78, 5) is 47.6. The number of rotatable bonds is 6. The molecule has 2 aromatic carbocycles. The SMILES string of the molecule is COC(=O)c1cc(/C=C/c2cc(C(=O)OC)cc(C(=O)OC)c2)cc(C(=O)OC)c1. The molecule has 2 aromatic rings. The van der Waals surface area contributed by atoms with Crippen molar-refractivity contribution in [2.45, 2.75) is 0 Å². The Kier molecular flexibility index (Phi) is 7.46. The van der Waals surface area contributed by atoms with Crippen molar-refractivity contribution in [2.24, 2.45) is 0 Å². The first-order valence-corrected chi connectivity index (χ1v) is 8.64. The van der Waals surface area contributed by atoms with Crippen LogP contribution in [0.5, 0.6) is 0 Å². The van der Waals surface area contributed by atoms with E-state index in [1.54, 1.807) is 12.2 Å². The minimum Gasteiger partial charge on any atom is -0.465 e. The van der Waals surface area contributed by atoms with Crippen LogP contribution in [0, 0.1) is 0 Å². The second-order valence-corrected chi connectivity index (χ2v) is 5.99. The summed E-state index contributed by atoms with van der Waals surface area (Å²) in [5.74, 6) is -2.46. The van der Waals surface area contributed by atoms with Gasteiger partial charge in [-0.25, -0.2) is 19.2 Å². The van der Waals surface area contributed by atoms with Crippen LogP contribution in [0.15, 0.2) is 36.4 Å². The Balaban J connectivity index is 2.52. The molecule has 0 unspecified atom stereocenters. The van der Waals surface area contributed by atoms with Crippen LogP contribution in [0.2, 0.25) is 0 Å². The third kappa shape index (κ3) is 5.32. The lowest BCUT2D eigenvalue weighted by Crippen LogP contribution is -2.07. The van der Waals surface area contributed by atoms with Crippen LogP contribution >= 0.6 is 0 Å². The van der Waals surface area contributed by atoms with E-state index in [0.717, 1.165) is 0 Å². The van der Waals surface area contributed by atoms with Crippen LogP contribution in [0.4, 0.5) is 0 Å². The Morgan fingerprint density at radius 2 is 0.733 bits per heavy atom. The van der Waals surface area contributed by atoms with E-state index in [9.17, 15) is 19.2 Å². The van der Waals surface area contributed by atoms with Crippen LogP contribution in [-0.4, -0.2) is 52.3 Å². The molecule has 0 radical (unpaired) electrons. The van der Waals surface area contributed by atoms with Gasteiger partial charge in [0.2, 0.25) is 0 Å². The molecule has 0 heterocycles. The number of hydrogen-bond donors (Lipinski definition) is 0. The van der Waals surface area contributed by atoms with Crippen LogP contribution in [0.3, 0.4) is 0 Å². The van der Waals surface area contributed by atoms with Crippen LogP contribution in [0.25, 0.3) is 12.2 Å². The lowest BCUT2D eigenvalue weighted by atomic mass is 10.0. The molecule has 156 valence electrons. The van der Waals surface area contributed by atoms with Crippen molar-refractivity contribution in [2.75, 3.05) is 28.4 Å². The van der Waals surface area contributed by atoms with Crippen molar-refractivity contribution in [1.29, 1.82) is 0 Å². The molecule has 0 aliphatic heterocycles. The largest absolute Gasteiger partial charge is 0.465 e. The van der Waals surface area contributed by atoms with E-state index in [0.29, 0.717) is 11.1 Å². The van der Waals surface area contributed by atoms with Crippen molar-refractivity contribution < 1.29 is 38.1 Å². The fourth-order valence-corrected chi connectivity index (χ4v) is 2.63. The van der Waals surface area contributed by atoms with Gasteiger partial charge in [-0.3, -0.25) is 0 Å². The normalized spacial score (nSPS) is 10.4. The molecule has 0 saturated heterocycles. The first-order valence-electron chi connectivity index (χ1n) is 8.64. The van der Waals surface area contributed by atoms with Gasteiger partial charge in [-0.05, 0) is 47.5 Å². The molecule has 2 rings (SSSR count). The number of carbonyl (C=O) groups is 4. The summed E-state index contributed by atoms with van der Waals surface area (Å²) in [5, 5.41) is 0. The van der Waals surface area contributed by atoms with E-state index in [4.69, 9.17) is 18.9 Å². The van der Waals surface area contributed by atoms with Crippen molar-refractivity contribution in [1.82, 2.24) is 0 Å². The highest BCUT2D eigenvalue weighted by Crippen LogP contribution is 2.18. The molecular weight excluding hydrogens is 392 g/mol. The standard InChI is InChI=1S/C22H20O8/c1-27-19(23)15-7-13(8-16(11-15)20(24)28-2)5-6-14-9-17(21(25)29-3)12-18(10-14)22(26)30-4/h5-12H,1-4H3/b6-5+. The Hall–Kier alpha value is -3.94. The van der Waals surface area contributed by atoms with E-state index in [1.807, 2.05) is 0 Å². The quantitative estimate of drug-likeness (QED) is 0.405. The lowest BCUT2D eigenvalue weighted by Gasteiger charge is -2.07. The summed E-state index contributed by atoms with van der Waals surface area (Å²) >= 11 is 0.